The zero-order valence-electron chi connectivity index (χ0n) is 11.9. The van der Waals surface area contributed by atoms with Crippen molar-refractivity contribution in [3.05, 3.63) is 11.6 Å². The highest BCUT2D eigenvalue weighted by Gasteiger charge is 2.52. The molecule has 0 aromatic heterocycles. The van der Waals surface area contributed by atoms with Crippen molar-refractivity contribution in [2.75, 3.05) is 0 Å². The van der Waals surface area contributed by atoms with Crippen molar-refractivity contribution in [2.45, 2.75) is 60.8 Å². The van der Waals surface area contributed by atoms with E-state index in [2.05, 4.69) is 47.6 Å². The molecule has 2 aliphatic carbocycles. The Morgan fingerprint density at radius 2 is 1.75 bits per heavy atom. The summed E-state index contributed by atoms with van der Waals surface area (Å²) in [6.07, 6.45) is 6.72. The number of hydrogen-bond acceptors (Lipinski definition) is 0. The van der Waals surface area contributed by atoms with Crippen LogP contribution < -0.4 is 0 Å². The molecule has 1 saturated carbocycles. The molecular formula is C16H28. The second kappa shape index (κ2) is 3.62. The number of allylic oxidation sites excluding steroid dienone is 2. The fourth-order valence-corrected chi connectivity index (χ4v) is 4.43. The van der Waals surface area contributed by atoms with Crippen LogP contribution in [0.15, 0.2) is 11.6 Å². The molecule has 92 valence electrons. The van der Waals surface area contributed by atoms with Gasteiger partial charge in [-0.05, 0) is 54.8 Å². The molecule has 0 aromatic rings. The largest absolute Gasteiger partial charge is 0.0848 e. The molecule has 0 aliphatic heterocycles. The van der Waals surface area contributed by atoms with Gasteiger partial charge in [-0.1, -0.05) is 46.3 Å². The van der Waals surface area contributed by atoms with Crippen LogP contribution in [0.4, 0.5) is 0 Å². The van der Waals surface area contributed by atoms with Gasteiger partial charge >= 0.3 is 0 Å². The summed E-state index contributed by atoms with van der Waals surface area (Å²) in [6, 6.07) is 0. The standard InChI is InChI=1S/C16H28/c1-11-9-10-16(6)12(2)7-8-14(16)15(4,5)13(11)3/h9,12-14H,7-8,10H2,1-6H3/t12-,13-,14+,16+/m0/s1. The molecule has 2 aliphatic rings. The van der Waals surface area contributed by atoms with E-state index in [1.165, 1.54) is 19.3 Å². The Bertz CT molecular complexity index is 310. The van der Waals surface area contributed by atoms with Gasteiger partial charge < -0.3 is 0 Å². The molecule has 16 heavy (non-hydrogen) atoms. The van der Waals surface area contributed by atoms with Crippen molar-refractivity contribution in [2.24, 2.45) is 28.6 Å². The van der Waals surface area contributed by atoms with Gasteiger partial charge in [-0.15, -0.1) is 0 Å². The first-order valence-electron chi connectivity index (χ1n) is 6.97. The third-order valence-corrected chi connectivity index (χ3v) is 6.37. The van der Waals surface area contributed by atoms with E-state index in [1.807, 2.05) is 0 Å². The molecule has 0 heterocycles. The maximum Gasteiger partial charge on any atom is -0.0180 e. The van der Waals surface area contributed by atoms with Crippen LogP contribution in [0.1, 0.15) is 60.8 Å². The molecule has 1 fully saturated rings. The zero-order chi connectivity index (χ0) is 12.1. The number of rotatable bonds is 0. The normalized spacial score (nSPS) is 47.1. The maximum atomic E-state index is 2.54. The van der Waals surface area contributed by atoms with E-state index in [9.17, 15) is 0 Å². The number of hydrogen-bond donors (Lipinski definition) is 0. The van der Waals surface area contributed by atoms with E-state index in [4.69, 9.17) is 0 Å². The van der Waals surface area contributed by atoms with Crippen molar-refractivity contribution < 1.29 is 0 Å². The molecule has 2 rings (SSSR count). The van der Waals surface area contributed by atoms with Gasteiger partial charge in [-0.25, -0.2) is 0 Å². The summed E-state index contributed by atoms with van der Waals surface area (Å²) in [5.74, 6) is 2.54. The lowest BCUT2D eigenvalue weighted by molar-refractivity contribution is 0.0442. The molecule has 0 radical (unpaired) electrons. The molecule has 0 saturated heterocycles. The monoisotopic (exact) mass is 220 g/mol. The van der Waals surface area contributed by atoms with E-state index in [1.54, 1.807) is 5.57 Å². The van der Waals surface area contributed by atoms with Gasteiger partial charge in [0, 0.05) is 0 Å². The van der Waals surface area contributed by atoms with Crippen LogP contribution in [0, 0.1) is 28.6 Å². The van der Waals surface area contributed by atoms with Gasteiger partial charge in [0.2, 0.25) is 0 Å². The van der Waals surface area contributed by atoms with E-state index < -0.39 is 0 Å². The molecular weight excluding hydrogens is 192 g/mol. The third-order valence-electron chi connectivity index (χ3n) is 6.37. The fourth-order valence-electron chi connectivity index (χ4n) is 4.43. The molecule has 0 heteroatoms. The molecule has 0 unspecified atom stereocenters. The summed E-state index contributed by atoms with van der Waals surface area (Å²) in [4.78, 5) is 0. The molecule has 0 spiro atoms. The second-order valence-corrected chi connectivity index (χ2v) is 7.23. The second-order valence-electron chi connectivity index (χ2n) is 7.23. The van der Waals surface area contributed by atoms with Crippen molar-refractivity contribution in [1.29, 1.82) is 0 Å². The van der Waals surface area contributed by atoms with Crippen LogP contribution in [-0.4, -0.2) is 0 Å². The highest BCUT2D eigenvalue weighted by Crippen LogP contribution is 2.61. The summed E-state index contributed by atoms with van der Waals surface area (Å²) in [5, 5.41) is 0. The highest BCUT2D eigenvalue weighted by molar-refractivity contribution is 5.16. The molecule has 0 nitrogen and oxygen atoms in total. The Balaban J connectivity index is 2.45. The smallest absolute Gasteiger partial charge is 0.0180 e. The summed E-state index contributed by atoms with van der Waals surface area (Å²) < 4.78 is 0. The lowest BCUT2D eigenvalue weighted by Gasteiger charge is -2.45. The Hall–Kier alpha value is -0.260. The van der Waals surface area contributed by atoms with Gasteiger partial charge in [-0.2, -0.15) is 0 Å². The van der Waals surface area contributed by atoms with E-state index >= 15 is 0 Å². The SMILES string of the molecule is CC1=CC[C@@]2(C)[C@H](CC[C@@H]2C)C(C)(C)[C@H]1C. The molecule has 0 aromatic carbocycles. The van der Waals surface area contributed by atoms with Crippen molar-refractivity contribution in [1.82, 2.24) is 0 Å². The van der Waals surface area contributed by atoms with Crippen molar-refractivity contribution >= 4 is 0 Å². The van der Waals surface area contributed by atoms with E-state index in [0.717, 1.165) is 17.8 Å². The van der Waals surface area contributed by atoms with Crippen LogP contribution in [0.25, 0.3) is 0 Å². The van der Waals surface area contributed by atoms with Gasteiger partial charge in [0.1, 0.15) is 0 Å². The third kappa shape index (κ3) is 1.49. The van der Waals surface area contributed by atoms with Crippen LogP contribution in [0.2, 0.25) is 0 Å². The molecule has 0 N–H and O–H groups in total. The van der Waals surface area contributed by atoms with Crippen molar-refractivity contribution in [3.8, 4) is 0 Å². The average Bonchev–Trinajstić information content (AvgIpc) is 2.49. The van der Waals surface area contributed by atoms with Gasteiger partial charge in [0.15, 0.2) is 0 Å². The average molecular weight is 220 g/mol. The van der Waals surface area contributed by atoms with E-state index in [-0.39, 0.29) is 0 Å². The lowest BCUT2D eigenvalue weighted by Crippen LogP contribution is -2.39. The van der Waals surface area contributed by atoms with Crippen LogP contribution in [0.3, 0.4) is 0 Å². The first kappa shape index (κ1) is 12.2. The Morgan fingerprint density at radius 3 is 2.38 bits per heavy atom. The molecule has 0 bridgehead atoms. The summed E-state index contributed by atoms with van der Waals surface area (Å²) >= 11 is 0. The van der Waals surface area contributed by atoms with Gasteiger partial charge in [-0.3, -0.25) is 0 Å². The topological polar surface area (TPSA) is 0 Å². The Kier molecular flexibility index (Phi) is 2.76. The minimum absolute atomic E-state index is 0.469. The quantitative estimate of drug-likeness (QED) is 0.501. The summed E-state index contributed by atoms with van der Waals surface area (Å²) in [6.45, 7) is 14.8. The first-order valence-corrected chi connectivity index (χ1v) is 6.97. The molecule has 0 amide bonds. The minimum atomic E-state index is 0.469. The highest BCUT2D eigenvalue weighted by atomic mass is 14.6. The first-order chi connectivity index (χ1) is 7.30. The number of fused-ring (bicyclic) bond motifs is 1. The fraction of sp³-hybridized carbons (Fsp3) is 0.875. The Labute approximate surface area is 102 Å². The van der Waals surface area contributed by atoms with Crippen LogP contribution >= 0.6 is 0 Å². The lowest BCUT2D eigenvalue weighted by atomic mass is 9.59. The van der Waals surface area contributed by atoms with Crippen molar-refractivity contribution in [3.63, 3.8) is 0 Å². The maximum absolute atomic E-state index is 2.54. The Morgan fingerprint density at radius 1 is 1.12 bits per heavy atom. The van der Waals surface area contributed by atoms with Gasteiger partial charge in [0.25, 0.3) is 0 Å². The predicted molar refractivity (Wildman–Crippen MR) is 71.3 cm³/mol. The van der Waals surface area contributed by atoms with Crippen LogP contribution in [0.5, 0.6) is 0 Å². The van der Waals surface area contributed by atoms with E-state index in [0.29, 0.717) is 10.8 Å². The van der Waals surface area contributed by atoms with Gasteiger partial charge in [0.05, 0.1) is 0 Å². The summed E-state index contributed by atoms with van der Waals surface area (Å²) in [5.41, 5.74) is 2.64. The van der Waals surface area contributed by atoms with Crippen LogP contribution in [-0.2, 0) is 0 Å². The zero-order valence-corrected chi connectivity index (χ0v) is 11.9. The minimum Gasteiger partial charge on any atom is -0.0848 e. The predicted octanol–water partition coefficient (Wildman–Crippen LogP) is 5.05. The molecule has 4 atom stereocenters. The summed E-state index contributed by atoms with van der Waals surface area (Å²) in [7, 11) is 0.